The Balaban J connectivity index is 1.22. The first-order valence-corrected chi connectivity index (χ1v) is 11.3. The predicted octanol–water partition coefficient (Wildman–Crippen LogP) is 5.66. The van der Waals surface area contributed by atoms with E-state index in [0.29, 0.717) is 16.4 Å². The number of ether oxygens (including phenoxy) is 1. The van der Waals surface area contributed by atoms with E-state index in [9.17, 15) is 4.79 Å². The van der Waals surface area contributed by atoms with Gasteiger partial charge in [0.1, 0.15) is 4.88 Å². The number of hydrogen-bond donors (Lipinski definition) is 1. The third-order valence-corrected chi connectivity index (χ3v) is 8.40. The zero-order valence-electron chi connectivity index (χ0n) is 15.7. The number of halogens is 1. The van der Waals surface area contributed by atoms with Crippen molar-refractivity contribution in [2.24, 2.45) is 17.8 Å². The molecule has 1 amide bonds. The number of hydrogen-bond acceptors (Lipinski definition) is 3. The summed E-state index contributed by atoms with van der Waals surface area (Å²) in [6.07, 6.45) is 7.94. The maximum Gasteiger partial charge on any atom is 0.263 e. The number of nitrogens with one attached hydrogen (secondary N) is 1. The molecule has 27 heavy (non-hydrogen) atoms. The molecule has 1 aromatic heterocycles. The molecule has 4 bridgehead atoms. The quantitative estimate of drug-likeness (QED) is 0.699. The van der Waals surface area contributed by atoms with E-state index < -0.39 is 0 Å². The van der Waals surface area contributed by atoms with Crippen molar-refractivity contribution in [2.75, 3.05) is 6.54 Å². The fourth-order valence-electron chi connectivity index (χ4n) is 6.12. The third-order valence-electron chi connectivity index (χ3n) is 6.72. The Morgan fingerprint density at radius 2 is 1.85 bits per heavy atom. The molecule has 0 unspecified atom stereocenters. The molecule has 0 radical (unpaired) electrons. The normalized spacial score (nSPS) is 32.7. The SMILES string of the molecule is C[C@@H](CNC(=O)c1sc2ccccc2c1Cl)OC12CC3CC(CC(C3)C1)C2. The molecule has 4 fully saturated rings. The number of thiophene rings is 1. The van der Waals surface area contributed by atoms with E-state index in [1.807, 2.05) is 24.3 Å². The van der Waals surface area contributed by atoms with E-state index >= 15 is 0 Å². The number of amides is 1. The second-order valence-corrected chi connectivity index (χ2v) is 10.4. The first-order chi connectivity index (χ1) is 13.0. The van der Waals surface area contributed by atoms with Crippen molar-refractivity contribution in [3.63, 3.8) is 0 Å². The van der Waals surface area contributed by atoms with Crippen LogP contribution in [0.3, 0.4) is 0 Å². The molecule has 4 aliphatic carbocycles. The molecule has 0 spiro atoms. The molecular formula is C22H26ClNO2S. The van der Waals surface area contributed by atoms with E-state index in [1.165, 1.54) is 49.9 Å². The van der Waals surface area contributed by atoms with Crippen molar-refractivity contribution in [1.82, 2.24) is 5.32 Å². The maximum absolute atomic E-state index is 12.7. The topological polar surface area (TPSA) is 38.3 Å². The van der Waals surface area contributed by atoms with Gasteiger partial charge in [-0.1, -0.05) is 29.8 Å². The Bertz CT molecular complexity index is 841. The van der Waals surface area contributed by atoms with Crippen LogP contribution in [0.5, 0.6) is 0 Å². The van der Waals surface area contributed by atoms with Gasteiger partial charge in [-0.25, -0.2) is 0 Å². The summed E-state index contributed by atoms with van der Waals surface area (Å²) < 4.78 is 7.63. The fraction of sp³-hybridized carbons (Fsp3) is 0.591. The second-order valence-electron chi connectivity index (χ2n) is 8.98. The Morgan fingerprint density at radius 3 is 2.48 bits per heavy atom. The van der Waals surface area contributed by atoms with Crippen molar-refractivity contribution >= 4 is 38.9 Å². The number of benzene rings is 1. The zero-order valence-corrected chi connectivity index (χ0v) is 17.2. The van der Waals surface area contributed by atoms with Crippen LogP contribution in [0.2, 0.25) is 5.02 Å². The van der Waals surface area contributed by atoms with E-state index in [4.69, 9.17) is 16.3 Å². The third kappa shape index (κ3) is 3.30. The lowest BCUT2D eigenvalue weighted by molar-refractivity contribution is -0.182. The summed E-state index contributed by atoms with van der Waals surface area (Å²) in [4.78, 5) is 13.3. The molecule has 4 saturated carbocycles. The highest BCUT2D eigenvalue weighted by Gasteiger charge is 2.52. The first kappa shape index (κ1) is 18.0. The largest absolute Gasteiger partial charge is 0.370 e. The van der Waals surface area contributed by atoms with Crippen LogP contribution in [0.4, 0.5) is 0 Å². The summed E-state index contributed by atoms with van der Waals surface area (Å²) in [5.41, 5.74) is 0.0775. The van der Waals surface area contributed by atoms with E-state index in [-0.39, 0.29) is 17.6 Å². The average molecular weight is 404 g/mol. The van der Waals surface area contributed by atoms with Crippen LogP contribution in [-0.4, -0.2) is 24.2 Å². The molecule has 2 aromatic rings. The van der Waals surface area contributed by atoms with Gasteiger partial charge in [0.25, 0.3) is 5.91 Å². The minimum Gasteiger partial charge on any atom is -0.370 e. The van der Waals surface area contributed by atoms with Gasteiger partial charge in [0.2, 0.25) is 0 Å². The summed E-state index contributed by atoms with van der Waals surface area (Å²) in [5, 5.41) is 4.55. The van der Waals surface area contributed by atoms with Crippen molar-refractivity contribution in [2.45, 2.75) is 57.2 Å². The van der Waals surface area contributed by atoms with Gasteiger partial charge < -0.3 is 10.1 Å². The molecule has 1 N–H and O–H groups in total. The van der Waals surface area contributed by atoms with Crippen molar-refractivity contribution in [3.8, 4) is 0 Å². The van der Waals surface area contributed by atoms with Crippen LogP contribution in [0.15, 0.2) is 24.3 Å². The van der Waals surface area contributed by atoms with Gasteiger partial charge in [-0.2, -0.15) is 0 Å². The smallest absolute Gasteiger partial charge is 0.263 e. The number of carbonyl (C=O) groups is 1. The number of rotatable bonds is 5. The minimum absolute atomic E-state index is 0.0263. The summed E-state index contributed by atoms with van der Waals surface area (Å²) in [6.45, 7) is 2.62. The lowest BCUT2D eigenvalue weighted by Gasteiger charge is -2.57. The van der Waals surface area contributed by atoms with E-state index in [2.05, 4.69) is 12.2 Å². The number of fused-ring (bicyclic) bond motifs is 1. The summed E-state index contributed by atoms with van der Waals surface area (Å²) in [5.74, 6) is 2.52. The van der Waals surface area contributed by atoms with Crippen LogP contribution in [0.1, 0.15) is 55.1 Å². The molecule has 0 saturated heterocycles. The Hall–Kier alpha value is -1.10. The van der Waals surface area contributed by atoms with Crippen LogP contribution in [0, 0.1) is 17.8 Å². The molecule has 4 aliphatic rings. The van der Waals surface area contributed by atoms with Crippen molar-refractivity contribution < 1.29 is 9.53 Å². The molecule has 6 rings (SSSR count). The molecule has 5 heteroatoms. The van der Waals surface area contributed by atoms with Crippen LogP contribution in [0.25, 0.3) is 10.1 Å². The molecule has 1 heterocycles. The Kier molecular flexibility index (Phi) is 4.49. The molecule has 0 aliphatic heterocycles. The standard InChI is InChI=1S/C22H26ClNO2S/c1-13(26-22-9-14-6-15(10-22)8-16(7-14)11-22)12-24-21(25)20-19(23)17-4-2-3-5-18(17)27-20/h2-5,13-16H,6-12H2,1H3,(H,24,25)/t13-,14?,15?,16?,22?/m0/s1. The highest BCUT2D eigenvalue weighted by Crippen LogP contribution is 2.57. The van der Waals surface area contributed by atoms with Gasteiger partial charge >= 0.3 is 0 Å². The highest BCUT2D eigenvalue weighted by atomic mass is 35.5. The molecular weight excluding hydrogens is 378 g/mol. The van der Waals surface area contributed by atoms with Gasteiger partial charge in [-0.3, -0.25) is 4.79 Å². The van der Waals surface area contributed by atoms with Crippen LogP contribution < -0.4 is 5.32 Å². The lowest BCUT2D eigenvalue weighted by Crippen LogP contribution is -2.53. The fourth-order valence-corrected chi connectivity index (χ4v) is 7.55. The van der Waals surface area contributed by atoms with Crippen LogP contribution in [-0.2, 0) is 4.74 Å². The summed E-state index contributed by atoms with van der Waals surface area (Å²) in [7, 11) is 0. The highest BCUT2D eigenvalue weighted by molar-refractivity contribution is 7.21. The van der Waals surface area contributed by atoms with Gasteiger partial charge in [0.05, 0.1) is 16.7 Å². The van der Waals surface area contributed by atoms with E-state index in [1.54, 1.807) is 0 Å². The number of carbonyl (C=O) groups excluding carboxylic acids is 1. The minimum atomic E-state index is -0.0952. The lowest BCUT2D eigenvalue weighted by atomic mass is 9.54. The second kappa shape index (κ2) is 6.75. The molecule has 144 valence electrons. The average Bonchev–Trinajstić information content (AvgIpc) is 2.95. The molecule has 1 aromatic carbocycles. The van der Waals surface area contributed by atoms with Gasteiger partial charge in [0, 0.05) is 16.6 Å². The molecule has 1 atom stereocenters. The summed E-state index contributed by atoms with van der Waals surface area (Å²) >= 11 is 7.88. The van der Waals surface area contributed by atoms with E-state index in [0.717, 1.165) is 27.8 Å². The monoisotopic (exact) mass is 403 g/mol. The Labute approximate surface area is 169 Å². The van der Waals surface area contributed by atoms with Crippen molar-refractivity contribution in [3.05, 3.63) is 34.2 Å². The van der Waals surface area contributed by atoms with Gasteiger partial charge in [0.15, 0.2) is 0 Å². The Morgan fingerprint density at radius 1 is 1.22 bits per heavy atom. The van der Waals surface area contributed by atoms with Crippen molar-refractivity contribution in [1.29, 1.82) is 0 Å². The molecule has 3 nitrogen and oxygen atoms in total. The van der Waals surface area contributed by atoms with Gasteiger partial charge in [-0.15, -0.1) is 11.3 Å². The van der Waals surface area contributed by atoms with Crippen LogP contribution >= 0.6 is 22.9 Å². The maximum atomic E-state index is 12.7. The zero-order chi connectivity index (χ0) is 18.6. The predicted molar refractivity (Wildman–Crippen MR) is 111 cm³/mol. The van der Waals surface area contributed by atoms with Gasteiger partial charge in [-0.05, 0) is 69.3 Å². The first-order valence-electron chi connectivity index (χ1n) is 10.1. The summed E-state index contributed by atoms with van der Waals surface area (Å²) in [6, 6.07) is 7.88.